The fourth-order valence-corrected chi connectivity index (χ4v) is 2.40. The molecule has 1 aromatic heterocycles. The molecule has 0 spiro atoms. The van der Waals surface area contributed by atoms with E-state index < -0.39 is 5.60 Å². The summed E-state index contributed by atoms with van der Waals surface area (Å²) >= 11 is 0. The standard InChI is InChI=1S/C17H24N4O2/c1-17(2,23)12-20(3)16(22)18-9-13-6-5-7-14(8-13)15-10-19-21(4)11-15/h5-8,10-11,23H,9,12H2,1-4H3,(H,18,22). The van der Waals surface area contributed by atoms with E-state index in [9.17, 15) is 9.90 Å². The fraction of sp³-hybridized carbons (Fsp3) is 0.412. The smallest absolute Gasteiger partial charge is 0.317 e. The predicted molar refractivity (Wildman–Crippen MR) is 89.8 cm³/mol. The highest BCUT2D eigenvalue weighted by atomic mass is 16.3. The molecule has 0 saturated heterocycles. The van der Waals surface area contributed by atoms with Crippen molar-refractivity contribution in [3.8, 4) is 11.1 Å². The molecule has 2 aromatic rings. The van der Waals surface area contributed by atoms with Gasteiger partial charge in [0, 0.05) is 32.4 Å². The van der Waals surface area contributed by atoms with E-state index in [1.165, 1.54) is 4.90 Å². The van der Waals surface area contributed by atoms with Crippen LogP contribution in [-0.2, 0) is 13.6 Å². The van der Waals surface area contributed by atoms with Crippen LogP contribution < -0.4 is 5.32 Å². The zero-order chi connectivity index (χ0) is 17.0. The Bertz CT molecular complexity index is 673. The molecule has 0 aliphatic rings. The summed E-state index contributed by atoms with van der Waals surface area (Å²) in [4.78, 5) is 13.5. The molecule has 6 heteroatoms. The average Bonchev–Trinajstić information content (AvgIpc) is 2.90. The SMILES string of the molecule is CN(CC(C)(C)O)C(=O)NCc1cccc(-c2cnn(C)c2)c1. The third kappa shape index (κ3) is 5.10. The van der Waals surface area contributed by atoms with E-state index in [0.29, 0.717) is 6.54 Å². The number of likely N-dealkylation sites (N-methyl/N-ethyl adjacent to an activating group) is 1. The minimum absolute atomic E-state index is 0.209. The molecule has 2 N–H and O–H groups in total. The number of nitrogens with one attached hydrogen (secondary N) is 1. The first kappa shape index (κ1) is 17.0. The largest absolute Gasteiger partial charge is 0.389 e. The predicted octanol–water partition coefficient (Wildman–Crippen LogP) is 2.00. The minimum Gasteiger partial charge on any atom is -0.389 e. The van der Waals surface area contributed by atoms with Crippen LogP contribution in [0.5, 0.6) is 0 Å². The lowest BCUT2D eigenvalue weighted by molar-refractivity contribution is 0.0531. The van der Waals surface area contributed by atoms with Crippen LogP contribution in [0, 0.1) is 0 Å². The molecular formula is C17H24N4O2. The normalized spacial score (nSPS) is 11.3. The Kier molecular flexibility index (Phi) is 5.05. The number of carbonyl (C=O) groups excluding carboxylic acids is 1. The first-order valence-corrected chi connectivity index (χ1v) is 7.54. The lowest BCUT2D eigenvalue weighted by atomic mass is 10.1. The van der Waals surface area contributed by atoms with Gasteiger partial charge in [-0.2, -0.15) is 5.10 Å². The lowest BCUT2D eigenvalue weighted by Crippen LogP contribution is -2.44. The number of nitrogens with zero attached hydrogens (tertiary/aromatic N) is 3. The molecule has 2 amide bonds. The van der Waals surface area contributed by atoms with Gasteiger partial charge >= 0.3 is 6.03 Å². The van der Waals surface area contributed by atoms with Gasteiger partial charge in [-0.15, -0.1) is 0 Å². The van der Waals surface area contributed by atoms with Crippen molar-refractivity contribution >= 4 is 6.03 Å². The zero-order valence-corrected chi connectivity index (χ0v) is 14.1. The molecule has 0 saturated carbocycles. The van der Waals surface area contributed by atoms with Gasteiger partial charge in [0.05, 0.1) is 18.3 Å². The van der Waals surface area contributed by atoms with Crippen molar-refractivity contribution in [3.63, 3.8) is 0 Å². The van der Waals surface area contributed by atoms with Gasteiger partial charge < -0.3 is 15.3 Å². The Morgan fingerprint density at radius 1 is 1.39 bits per heavy atom. The Hall–Kier alpha value is -2.34. The van der Waals surface area contributed by atoms with E-state index in [1.807, 2.05) is 43.7 Å². The molecular weight excluding hydrogens is 292 g/mol. The van der Waals surface area contributed by atoms with Gasteiger partial charge in [-0.3, -0.25) is 4.68 Å². The second-order valence-electron chi connectivity index (χ2n) is 6.43. The third-order valence-electron chi connectivity index (χ3n) is 3.38. The number of aromatic nitrogens is 2. The monoisotopic (exact) mass is 316 g/mol. The first-order chi connectivity index (χ1) is 10.7. The number of benzene rings is 1. The Labute approximate surface area is 136 Å². The van der Waals surface area contributed by atoms with Gasteiger partial charge in [0.15, 0.2) is 0 Å². The molecule has 0 aliphatic heterocycles. The van der Waals surface area contributed by atoms with Crippen LogP contribution in [0.3, 0.4) is 0 Å². The molecule has 2 rings (SSSR count). The van der Waals surface area contributed by atoms with Gasteiger partial charge in [-0.05, 0) is 31.0 Å². The van der Waals surface area contributed by atoms with Gasteiger partial charge in [-0.1, -0.05) is 18.2 Å². The second-order valence-corrected chi connectivity index (χ2v) is 6.43. The van der Waals surface area contributed by atoms with Crippen molar-refractivity contribution in [1.29, 1.82) is 0 Å². The quantitative estimate of drug-likeness (QED) is 0.886. The van der Waals surface area contributed by atoms with Crippen molar-refractivity contribution in [1.82, 2.24) is 20.0 Å². The summed E-state index contributed by atoms with van der Waals surface area (Å²) in [6, 6.07) is 7.77. The van der Waals surface area contributed by atoms with E-state index in [4.69, 9.17) is 0 Å². The minimum atomic E-state index is -0.910. The number of aliphatic hydroxyl groups is 1. The van der Waals surface area contributed by atoms with Crippen LogP contribution in [0.2, 0.25) is 0 Å². The fourth-order valence-electron chi connectivity index (χ4n) is 2.40. The molecule has 0 atom stereocenters. The van der Waals surface area contributed by atoms with Crippen LogP contribution in [0.4, 0.5) is 4.79 Å². The maximum absolute atomic E-state index is 12.0. The van der Waals surface area contributed by atoms with Crippen LogP contribution >= 0.6 is 0 Å². The van der Waals surface area contributed by atoms with E-state index in [-0.39, 0.29) is 12.6 Å². The highest BCUT2D eigenvalue weighted by Gasteiger charge is 2.19. The number of urea groups is 1. The summed E-state index contributed by atoms with van der Waals surface area (Å²) in [6.45, 7) is 4.06. The van der Waals surface area contributed by atoms with Crippen LogP contribution in [0.15, 0.2) is 36.7 Å². The molecule has 0 bridgehead atoms. The van der Waals surface area contributed by atoms with Crippen molar-refractivity contribution < 1.29 is 9.90 Å². The molecule has 124 valence electrons. The van der Waals surface area contributed by atoms with Crippen molar-refractivity contribution in [3.05, 3.63) is 42.2 Å². The van der Waals surface area contributed by atoms with E-state index in [2.05, 4.69) is 10.4 Å². The summed E-state index contributed by atoms with van der Waals surface area (Å²) < 4.78 is 1.76. The number of amides is 2. The third-order valence-corrected chi connectivity index (χ3v) is 3.38. The summed E-state index contributed by atoms with van der Waals surface area (Å²) in [5, 5.41) is 16.8. The van der Waals surface area contributed by atoms with Crippen LogP contribution in [0.1, 0.15) is 19.4 Å². The van der Waals surface area contributed by atoms with Crippen molar-refractivity contribution in [2.75, 3.05) is 13.6 Å². The summed E-state index contributed by atoms with van der Waals surface area (Å²) in [6.07, 6.45) is 3.77. The number of aryl methyl sites for hydroxylation is 1. The lowest BCUT2D eigenvalue weighted by Gasteiger charge is -2.25. The topological polar surface area (TPSA) is 70.4 Å². The Morgan fingerprint density at radius 2 is 2.13 bits per heavy atom. The average molecular weight is 316 g/mol. The van der Waals surface area contributed by atoms with Crippen LogP contribution in [0.25, 0.3) is 11.1 Å². The Balaban J connectivity index is 1.97. The molecule has 0 fully saturated rings. The van der Waals surface area contributed by atoms with Crippen molar-refractivity contribution in [2.45, 2.75) is 26.0 Å². The number of hydrogen-bond donors (Lipinski definition) is 2. The molecule has 1 heterocycles. The molecule has 0 aliphatic carbocycles. The Morgan fingerprint density at radius 3 is 2.74 bits per heavy atom. The molecule has 23 heavy (non-hydrogen) atoms. The second kappa shape index (κ2) is 6.83. The number of hydrogen-bond acceptors (Lipinski definition) is 3. The van der Waals surface area contributed by atoms with Gasteiger partial charge in [-0.25, -0.2) is 4.79 Å². The summed E-state index contributed by atoms with van der Waals surface area (Å²) in [5.74, 6) is 0. The first-order valence-electron chi connectivity index (χ1n) is 7.54. The van der Waals surface area contributed by atoms with E-state index in [1.54, 1.807) is 25.6 Å². The molecule has 1 aromatic carbocycles. The molecule has 0 radical (unpaired) electrons. The van der Waals surface area contributed by atoms with Gasteiger partial charge in [0.1, 0.15) is 0 Å². The van der Waals surface area contributed by atoms with Crippen molar-refractivity contribution in [2.24, 2.45) is 7.05 Å². The molecule has 6 nitrogen and oxygen atoms in total. The highest BCUT2D eigenvalue weighted by molar-refractivity contribution is 5.74. The number of carbonyl (C=O) groups is 1. The highest BCUT2D eigenvalue weighted by Crippen LogP contribution is 2.19. The molecule has 0 unspecified atom stereocenters. The zero-order valence-electron chi connectivity index (χ0n) is 14.1. The van der Waals surface area contributed by atoms with E-state index in [0.717, 1.165) is 16.7 Å². The maximum atomic E-state index is 12.0. The summed E-state index contributed by atoms with van der Waals surface area (Å²) in [5.41, 5.74) is 2.21. The van der Waals surface area contributed by atoms with E-state index >= 15 is 0 Å². The van der Waals surface area contributed by atoms with Gasteiger partial charge in [0.2, 0.25) is 0 Å². The maximum Gasteiger partial charge on any atom is 0.317 e. The van der Waals surface area contributed by atoms with Gasteiger partial charge in [0.25, 0.3) is 0 Å². The van der Waals surface area contributed by atoms with Crippen LogP contribution in [-0.4, -0.2) is 45.0 Å². The summed E-state index contributed by atoms with van der Waals surface area (Å²) in [7, 11) is 3.55. The number of rotatable bonds is 5.